The van der Waals surface area contributed by atoms with E-state index in [4.69, 9.17) is 4.74 Å². The molecule has 8 nitrogen and oxygen atoms in total. The van der Waals surface area contributed by atoms with Crippen LogP contribution in [-0.2, 0) is 19.1 Å². The van der Waals surface area contributed by atoms with Gasteiger partial charge in [-0.1, -0.05) is 12.1 Å². The lowest BCUT2D eigenvalue weighted by atomic mass is 9.97. The summed E-state index contributed by atoms with van der Waals surface area (Å²) in [6.45, 7) is 0.947. The van der Waals surface area contributed by atoms with E-state index >= 15 is 0 Å². The summed E-state index contributed by atoms with van der Waals surface area (Å²) < 4.78 is 5.32. The zero-order valence-electron chi connectivity index (χ0n) is 15.1. The third kappa shape index (κ3) is 2.50. The third-order valence-corrected chi connectivity index (χ3v) is 5.65. The summed E-state index contributed by atoms with van der Waals surface area (Å²) in [5.41, 5.74) is -0.758. The first kappa shape index (κ1) is 17.5. The van der Waals surface area contributed by atoms with Gasteiger partial charge in [0.2, 0.25) is 11.6 Å². The number of esters is 1. The summed E-state index contributed by atoms with van der Waals surface area (Å²) in [5, 5.41) is 0. The number of likely N-dealkylation sites (N-methyl/N-ethyl adjacent to an activating group) is 1. The molecule has 27 heavy (non-hydrogen) atoms. The number of rotatable bonds is 3. The average molecular weight is 371 g/mol. The molecule has 3 aliphatic rings. The molecule has 1 atom stereocenters. The molecule has 2 fully saturated rings. The maximum atomic E-state index is 13.1. The molecule has 4 rings (SSSR count). The SMILES string of the molecule is CN1C(=O)c2ccccc2N2C(=O)CC[C@]12C(=O)OCC(=O)N1CCCC1. The molecule has 3 heterocycles. The highest BCUT2D eigenvalue weighted by Gasteiger charge is 2.60. The Bertz CT molecular complexity index is 832. The summed E-state index contributed by atoms with van der Waals surface area (Å²) in [4.78, 5) is 55.0. The topological polar surface area (TPSA) is 87.2 Å². The van der Waals surface area contributed by atoms with Crippen LogP contribution in [0.4, 0.5) is 5.69 Å². The second-order valence-electron chi connectivity index (χ2n) is 7.09. The molecule has 3 amide bonds. The van der Waals surface area contributed by atoms with Crippen molar-refractivity contribution < 1.29 is 23.9 Å². The van der Waals surface area contributed by atoms with Crippen molar-refractivity contribution in [1.29, 1.82) is 0 Å². The fraction of sp³-hybridized carbons (Fsp3) is 0.474. The quantitative estimate of drug-likeness (QED) is 0.732. The minimum absolute atomic E-state index is 0.126. The van der Waals surface area contributed by atoms with E-state index in [0.717, 1.165) is 12.8 Å². The van der Waals surface area contributed by atoms with Crippen molar-refractivity contribution in [2.75, 3.05) is 31.6 Å². The summed E-state index contributed by atoms with van der Waals surface area (Å²) in [7, 11) is 1.49. The highest BCUT2D eigenvalue weighted by molar-refractivity contribution is 6.15. The molecule has 0 unspecified atom stereocenters. The molecule has 0 spiro atoms. The fourth-order valence-electron chi connectivity index (χ4n) is 4.19. The van der Waals surface area contributed by atoms with E-state index in [0.29, 0.717) is 24.3 Å². The number of hydrogen-bond donors (Lipinski definition) is 0. The Morgan fingerprint density at radius 2 is 1.85 bits per heavy atom. The van der Waals surface area contributed by atoms with Crippen LogP contribution in [0.15, 0.2) is 24.3 Å². The number of fused-ring (bicyclic) bond motifs is 3. The number of anilines is 1. The molecular weight excluding hydrogens is 350 g/mol. The van der Waals surface area contributed by atoms with Gasteiger partial charge in [-0.25, -0.2) is 4.79 Å². The first-order valence-corrected chi connectivity index (χ1v) is 9.12. The van der Waals surface area contributed by atoms with E-state index in [1.807, 2.05) is 0 Å². The number of para-hydroxylation sites is 1. The smallest absolute Gasteiger partial charge is 0.354 e. The lowest BCUT2D eigenvalue weighted by Gasteiger charge is -2.46. The predicted molar refractivity (Wildman–Crippen MR) is 94.8 cm³/mol. The van der Waals surface area contributed by atoms with Crippen LogP contribution in [0.3, 0.4) is 0 Å². The van der Waals surface area contributed by atoms with Gasteiger partial charge < -0.3 is 14.5 Å². The normalized spacial score (nSPS) is 24.1. The number of benzene rings is 1. The molecule has 142 valence electrons. The van der Waals surface area contributed by atoms with Crippen LogP contribution < -0.4 is 4.90 Å². The standard InChI is InChI=1S/C19H21N3O5/c1-20-17(25)13-6-2-3-7-14(13)22-15(23)8-9-19(20,22)18(26)27-12-16(24)21-10-4-5-11-21/h2-3,6-7H,4-5,8-12H2,1H3/t19-/m0/s1. The number of ether oxygens (including phenoxy) is 1. The van der Waals surface area contributed by atoms with E-state index in [1.54, 1.807) is 29.2 Å². The second-order valence-corrected chi connectivity index (χ2v) is 7.09. The Kier molecular flexibility index (Phi) is 4.13. The van der Waals surface area contributed by atoms with Crippen LogP contribution >= 0.6 is 0 Å². The Hall–Kier alpha value is -2.90. The Balaban J connectivity index is 1.63. The van der Waals surface area contributed by atoms with Gasteiger partial charge in [0, 0.05) is 33.0 Å². The van der Waals surface area contributed by atoms with E-state index in [2.05, 4.69) is 0 Å². The summed E-state index contributed by atoms with van der Waals surface area (Å²) in [6, 6.07) is 6.72. The van der Waals surface area contributed by atoms with Gasteiger partial charge in [0.25, 0.3) is 11.8 Å². The van der Waals surface area contributed by atoms with E-state index < -0.39 is 11.6 Å². The number of carbonyl (C=O) groups excluding carboxylic acids is 4. The highest BCUT2D eigenvalue weighted by Crippen LogP contribution is 2.44. The maximum Gasteiger partial charge on any atom is 0.354 e. The Morgan fingerprint density at radius 3 is 2.59 bits per heavy atom. The molecule has 0 N–H and O–H groups in total. The summed E-state index contributed by atoms with van der Waals surface area (Å²) in [5.74, 6) is -1.59. The molecule has 8 heteroatoms. The number of carbonyl (C=O) groups is 4. The van der Waals surface area contributed by atoms with Crippen molar-refractivity contribution in [2.24, 2.45) is 0 Å². The molecule has 2 saturated heterocycles. The van der Waals surface area contributed by atoms with Gasteiger partial charge in [-0.15, -0.1) is 0 Å². The van der Waals surface area contributed by atoms with Gasteiger partial charge in [0.1, 0.15) is 0 Å². The zero-order chi connectivity index (χ0) is 19.2. The van der Waals surface area contributed by atoms with Gasteiger partial charge in [0.15, 0.2) is 6.61 Å². The van der Waals surface area contributed by atoms with Crippen molar-refractivity contribution >= 4 is 29.4 Å². The summed E-state index contributed by atoms with van der Waals surface area (Å²) in [6.07, 6.45) is 2.15. The van der Waals surface area contributed by atoms with Crippen LogP contribution in [0.1, 0.15) is 36.0 Å². The molecule has 0 saturated carbocycles. The molecule has 3 aliphatic heterocycles. The lowest BCUT2D eigenvalue weighted by molar-refractivity contribution is -0.161. The molecule has 0 bridgehead atoms. The number of likely N-dealkylation sites (tertiary alicyclic amines) is 1. The Morgan fingerprint density at radius 1 is 1.15 bits per heavy atom. The number of nitrogens with zero attached hydrogens (tertiary/aromatic N) is 3. The van der Waals surface area contributed by atoms with Crippen molar-refractivity contribution in [3.63, 3.8) is 0 Å². The van der Waals surface area contributed by atoms with Crippen LogP contribution in [0.25, 0.3) is 0 Å². The molecule has 0 aliphatic carbocycles. The first-order chi connectivity index (χ1) is 13.0. The van der Waals surface area contributed by atoms with Gasteiger partial charge in [-0.3, -0.25) is 19.3 Å². The van der Waals surface area contributed by atoms with Crippen molar-refractivity contribution in [1.82, 2.24) is 9.80 Å². The van der Waals surface area contributed by atoms with Gasteiger partial charge in [-0.05, 0) is 25.0 Å². The van der Waals surface area contributed by atoms with Gasteiger partial charge in [0.05, 0.1) is 11.3 Å². The lowest BCUT2D eigenvalue weighted by Crippen LogP contribution is -2.67. The van der Waals surface area contributed by atoms with E-state index in [1.165, 1.54) is 16.8 Å². The zero-order valence-corrected chi connectivity index (χ0v) is 15.1. The van der Waals surface area contributed by atoms with Crippen LogP contribution in [0, 0.1) is 0 Å². The Labute approximate surface area is 156 Å². The molecule has 0 aromatic heterocycles. The van der Waals surface area contributed by atoms with E-state index in [9.17, 15) is 19.2 Å². The minimum atomic E-state index is -1.53. The largest absolute Gasteiger partial charge is 0.452 e. The highest BCUT2D eigenvalue weighted by atomic mass is 16.5. The average Bonchev–Trinajstić information content (AvgIpc) is 3.33. The fourth-order valence-corrected chi connectivity index (χ4v) is 4.19. The van der Waals surface area contributed by atoms with E-state index in [-0.39, 0.29) is 37.2 Å². The van der Waals surface area contributed by atoms with Gasteiger partial charge >= 0.3 is 5.97 Å². The monoisotopic (exact) mass is 371 g/mol. The molecule has 0 radical (unpaired) electrons. The first-order valence-electron chi connectivity index (χ1n) is 9.12. The van der Waals surface area contributed by atoms with Crippen LogP contribution in [0.2, 0.25) is 0 Å². The summed E-state index contributed by atoms with van der Waals surface area (Å²) >= 11 is 0. The van der Waals surface area contributed by atoms with Crippen molar-refractivity contribution in [3.8, 4) is 0 Å². The number of hydrogen-bond acceptors (Lipinski definition) is 5. The molecule has 1 aromatic rings. The third-order valence-electron chi connectivity index (χ3n) is 5.65. The number of amides is 3. The van der Waals surface area contributed by atoms with Crippen LogP contribution in [0.5, 0.6) is 0 Å². The molecular formula is C19H21N3O5. The van der Waals surface area contributed by atoms with Crippen LogP contribution in [-0.4, -0.2) is 65.9 Å². The van der Waals surface area contributed by atoms with Crippen molar-refractivity contribution in [3.05, 3.63) is 29.8 Å². The molecule has 1 aromatic carbocycles. The van der Waals surface area contributed by atoms with Crippen molar-refractivity contribution in [2.45, 2.75) is 31.3 Å². The second kappa shape index (κ2) is 6.37. The minimum Gasteiger partial charge on any atom is -0.452 e. The maximum absolute atomic E-state index is 13.1. The van der Waals surface area contributed by atoms with Gasteiger partial charge in [-0.2, -0.15) is 0 Å². The predicted octanol–water partition coefficient (Wildman–Crippen LogP) is 0.761.